The van der Waals surface area contributed by atoms with Gasteiger partial charge in [-0.25, -0.2) is 0 Å². The van der Waals surface area contributed by atoms with Crippen LogP contribution in [0.1, 0.15) is 6.92 Å². The molecule has 0 heterocycles. The summed E-state index contributed by atoms with van der Waals surface area (Å²) in [4.78, 5) is 9.99. The van der Waals surface area contributed by atoms with E-state index in [1.807, 2.05) is 0 Å². The lowest BCUT2D eigenvalue weighted by molar-refractivity contribution is -0.157. The number of rotatable bonds is 4. The van der Waals surface area contributed by atoms with Gasteiger partial charge >= 0.3 is 12.6 Å². The lowest BCUT2D eigenvalue weighted by Gasteiger charge is -2.05. The molecule has 0 amide bonds. The second-order valence-electron chi connectivity index (χ2n) is 1.83. The fourth-order valence-electron chi connectivity index (χ4n) is 0.288. The van der Waals surface area contributed by atoms with Crippen molar-refractivity contribution in [2.75, 3.05) is 6.61 Å². The molecule has 0 saturated carbocycles. The molecule has 0 aliphatic rings. The van der Waals surface area contributed by atoms with E-state index >= 15 is 0 Å². The van der Waals surface area contributed by atoms with E-state index in [9.17, 15) is 13.6 Å². The molecule has 3 nitrogen and oxygen atoms in total. The third-order valence-corrected chi connectivity index (χ3v) is 0.894. The van der Waals surface area contributed by atoms with Crippen LogP contribution < -0.4 is 0 Å². The molecule has 0 saturated heterocycles. The Morgan fingerprint density at radius 3 is 2.50 bits per heavy atom. The van der Waals surface area contributed by atoms with Gasteiger partial charge in [0.05, 0.1) is 12.5 Å². The monoisotopic (exact) mass is 154 g/mol. The van der Waals surface area contributed by atoms with Crippen LogP contribution in [0, 0.1) is 5.92 Å². The van der Waals surface area contributed by atoms with E-state index in [0.29, 0.717) is 0 Å². The summed E-state index contributed by atoms with van der Waals surface area (Å²) in [5.41, 5.74) is 0. The van der Waals surface area contributed by atoms with Crippen molar-refractivity contribution < 1.29 is 23.4 Å². The first kappa shape index (κ1) is 9.29. The zero-order valence-electron chi connectivity index (χ0n) is 5.38. The van der Waals surface area contributed by atoms with Crippen molar-refractivity contribution in [2.24, 2.45) is 5.92 Å². The van der Waals surface area contributed by atoms with Crippen LogP contribution >= 0.6 is 0 Å². The van der Waals surface area contributed by atoms with Gasteiger partial charge in [0.2, 0.25) is 0 Å². The van der Waals surface area contributed by atoms with Crippen LogP contribution in [0.3, 0.4) is 0 Å². The Balaban J connectivity index is 3.40. The molecule has 1 atom stereocenters. The highest BCUT2D eigenvalue weighted by Crippen LogP contribution is 2.00. The van der Waals surface area contributed by atoms with Crippen molar-refractivity contribution in [3.8, 4) is 0 Å². The molecule has 0 aliphatic carbocycles. The number of ether oxygens (including phenoxy) is 1. The molecular weight excluding hydrogens is 146 g/mol. The smallest absolute Gasteiger partial charge is 0.345 e. The second kappa shape index (κ2) is 4.16. The van der Waals surface area contributed by atoms with Crippen LogP contribution in [0.15, 0.2) is 0 Å². The van der Waals surface area contributed by atoms with Crippen molar-refractivity contribution >= 4 is 5.97 Å². The molecule has 5 heteroatoms. The molecule has 0 aromatic carbocycles. The maximum Gasteiger partial charge on any atom is 0.345 e. The Kier molecular flexibility index (Phi) is 3.87. The highest BCUT2D eigenvalue weighted by molar-refractivity contribution is 5.69. The fourth-order valence-corrected chi connectivity index (χ4v) is 0.288. The second-order valence-corrected chi connectivity index (χ2v) is 1.83. The molecule has 0 radical (unpaired) electrons. The quantitative estimate of drug-likeness (QED) is 0.655. The molecule has 0 aromatic heterocycles. The minimum Gasteiger partial charge on any atom is -0.481 e. The zero-order chi connectivity index (χ0) is 8.15. The Labute approximate surface area is 56.6 Å². The van der Waals surface area contributed by atoms with Gasteiger partial charge < -0.3 is 9.84 Å². The Bertz CT molecular complexity index is 115. The molecule has 1 N–H and O–H groups in total. The van der Waals surface area contributed by atoms with Crippen LogP contribution in [-0.2, 0) is 9.53 Å². The largest absolute Gasteiger partial charge is 0.481 e. The average molecular weight is 154 g/mol. The Hall–Kier alpha value is -0.710. The molecule has 0 aliphatic heterocycles. The minimum atomic E-state index is -2.89. The van der Waals surface area contributed by atoms with Crippen molar-refractivity contribution in [1.82, 2.24) is 0 Å². The number of alkyl halides is 2. The SMILES string of the molecule is CC(COC(F)F)C(=O)O. The zero-order valence-corrected chi connectivity index (χ0v) is 5.38. The molecule has 10 heavy (non-hydrogen) atoms. The van der Waals surface area contributed by atoms with Crippen molar-refractivity contribution in [1.29, 1.82) is 0 Å². The van der Waals surface area contributed by atoms with Gasteiger partial charge in [-0.3, -0.25) is 4.79 Å². The summed E-state index contributed by atoms with van der Waals surface area (Å²) < 4.78 is 26.2. The molecule has 1 unspecified atom stereocenters. The summed E-state index contributed by atoms with van der Waals surface area (Å²) in [6.07, 6.45) is 0. The predicted octanol–water partition coefficient (Wildman–Crippen LogP) is 0.946. The van der Waals surface area contributed by atoms with Gasteiger partial charge in [-0.2, -0.15) is 8.78 Å². The van der Waals surface area contributed by atoms with E-state index in [0.717, 1.165) is 0 Å². The van der Waals surface area contributed by atoms with Gasteiger partial charge in [0.1, 0.15) is 0 Å². The van der Waals surface area contributed by atoms with Crippen molar-refractivity contribution in [3.63, 3.8) is 0 Å². The maximum atomic E-state index is 11.2. The van der Waals surface area contributed by atoms with Gasteiger partial charge in [-0.15, -0.1) is 0 Å². The average Bonchev–Trinajstić information content (AvgIpc) is 1.82. The lowest BCUT2D eigenvalue weighted by atomic mass is 10.2. The predicted molar refractivity (Wildman–Crippen MR) is 28.8 cm³/mol. The van der Waals surface area contributed by atoms with E-state index in [4.69, 9.17) is 5.11 Å². The van der Waals surface area contributed by atoms with Crippen molar-refractivity contribution in [3.05, 3.63) is 0 Å². The molecule has 0 bridgehead atoms. The van der Waals surface area contributed by atoms with Crippen LogP contribution in [0.4, 0.5) is 8.78 Å². The molecular formula is C5H8F2O3. The fraction of sp³-hybridized carbons (Fsp3) is 0.800. The number of carboxylic acid groups (broad SMARTS) is 1. The first-order valence-electron chi connectivity index (χ1n) is 2.66. The van der Waals surface area contributed by atoms with Gasteiger partial charge in [0.25, 0.3) is 0 Å². The molecule has 0 fully saturated rings. The number of hydrogen-bond donors (Lipinski definition) is 1. The van der Waals surface area contributed by atoms with Gasteiger partial charge in [-0.1, -0.05) is 0 Å². The summed E-state index contributed by atoms with van der Waals surface area (Å²) in [5.74, 6) is -2.02. The number of halogens is 2. The Morgan fingerprint density at radius 2 is 2.20 bits per heavy atom. The summed E-state index contributed by atoms with van der Waals surface area (Å²) >= 11 is 0. The van der Waals surface area contributed by atoms with Gasteiger partial charge in [0.15, 0.2) is 0 Å². The number of carboxylic acids is 1. The molecule has 0 rings (SSSR count). The summed E-state index contributed by atoms with van der Waals surface area (Å²) in [5, 5.41) is 8.17. The van der Waals surface area contributed by atoms with E-state index < -0.39 is 25.1 Å². The van der Waals surface area contributed by atoms with Gasteiger partial charge in [-0.05, 0) is 6.92 Å². The van der Waals surface area contributed by atoms with E-state index in [1.165, 1.54) is 6.92 Å². The van der Waals surface area contributed by atoms with E-state index in [2.05, 4.69) is 4.74 Å². The number of aliphatic carboxylic acids is 1. The minimum absolute atomic E-state index is 0.451. The van der Waals surface area contributed by atoms with Crippen LogP contribution in [0.5, 0.6) is 0 Å². The molecule has 0 aromatic rings. The summed E-state index contributed by atoms with van der Waals surface area (Å²) in [6, 6.07) is 0. The Morgan fingerprint density at radius 1 is 1.70 bits per heavy atom. The maximum absolute atomic E-state index is 11.2. The van der Waals surface area contributed by atoms with Crippen LogP contribution in [0.2, 0.25) is 0 Å². The normalized spacial score (nSPS) is 13.6. The summed E-state index contributed by atoms with van der Waals surface area (Å²) in [6.45, 7) is -2.04. The third-order valence-electron chi connectivity index (χ3n) is 0.894. The highest BCUT2D eigenvalue weighted by atomic mass is 19.3. The van der Waals surface area contributed by atoms with Crippen LogP contribution in [-0.4, -0.2) is 24.3 Å². The first-order valence-corrected chi connectivity index (χ1v) is 2.66. The van der Waals surface area contributed by atoms with Crippen molar-refractivity contribution in [2.45, 2.75) is 13.5 Å². The van der Waals surface area contributed by atoms with Gasteiger partial charge in [0, 0.05) is 0 Å². The first-order chi connectivity index (χ1) is 4.54. The molecule has 0 spiro atoms. The number of carbonyl (C=O) groups is 1. The lowest BCUT2D eigenvalue weighted by Crippen LogP contribution is -2.17. The third kappa shape index (κ3) is 4.20. The summed E-state index contributed by atoms with van der Waals surface area (Å²) in [7, 11) is 0. The standard InChI is InChI=1S/C5H8F2O3/c1-3(4(8)9)2-10-5(6)7/h3,5H,2H2,1H3,(H,8,9). The topological polar surface area (TPSA) is 46.5 Å². The van der Waals surface area contributed by atoms with E-state index in [1.54, 1.807) is 0 Å². The molecule has 60 valence electrons. The highest BCUT2D eigenvalue weighted by Gasteiger charge is 2.13. The number of hydrogen-bond acceptors (Lipinski definition) is 2. The van der Waals surface area contributed by atoms with E-state index in [-0.39, 0.29) is 0 Å². The van der Waals surface area contributed by atoms with Crippen LogP contribution in [0.25, 0.3) is 0 Å².